The average Bonchev–Trinajstić information content (AvgIpc) is 3.13. The Morgan fingerprint density at radius 1 is 1.18 bits per heavy atom. The number of ether oxygens (including phenoxy) is 1. The molecule has 2 aliphatic carbocycles. The Kier molecular flexibility index (Phi) is 9.72. The number of β-amino-alcohol motifs (C(OH)–C–C–N with tert-alkyl or cyclic N) is 1. The summed E-state index contributed by atoms with van der Waals surface area (Å²) in [5, 5.41) is 14.7. The van der Waals surface area contributed by atoms with Gasteiger partial charge in [-0.15, -0.1) is 6.58 Å². The van der Waals surface area contributed by atoms with Gasteiger partial charge in [0.2, 0.25) is 11.8 Å². The number of rotatable bonds is 11. The van der Waals surface area contributed by atoms with Crippen LogP contribution in [0.15, 0.2) is 12.7 Å². The zero-order valence-corrected chi connectivity index (χ0v) is 24.1. The highest BCUT2D eigenvalue weighted by molar-refractivity contribution is 7.56. The molecule has 38 heavy (non-hydrogen) atoms. The third-order valence-electron chi connectivity index (χ3n) is 7.51. The van der Waals surface area contributed by atoms with E-state index in [2.05, 4.69) is 17.2 Å². The molecular weight excluding hydrogens is 513 g/mol. The quantitative estimate of drug-likeness (QED) is 0.259. The number of amides is 3. The molecule has 0 aromatic rings. The van der Waals surface area contributed by atoms with Gasteiger partial charge in [-0.25, -0.2) is 4.79 Å². The molecule has 0 aromatic carbocycles. The van der Waals surface area contributed by atoms with Crippen molar-refractivity contribution < 1.29 is 37.8 Å². The molecule has 0 bridgehead atoms. The molecule has 3 rings (SSSR count). The molecule has 2 saturated carbocycles. The average molecular weight is 558 g/mol. The van der Waals surface area contributed by atoms with Crippen LogP contribution in [0.1, 0.15) is 73.1 Å². The van der Waals surface area contributed by atoms with Crippen molar-refractivity contribution in [2.75, 3.05) is 19.8 Å². The lowest BCUT2D eigenvalue weighted by Crippen LogP contribution is -2.58. The molecule has 12 heteroatoms. The summed E-state index contributed by atoms with van der Waals surface area (Å²) in [7, 11) is -3.76. The van der Waals surface area contributed by atoms with Crippen LogP contribution in [0.5, 0.6) is 0 Å². The second-order valence-corrected chi connectivity index (χ2v) is 13.8. The Labute approximate surface area is 225 Å². The molecule has 0 radical (unpaired) electrons. The molecule has 216 valence electrons. The first-order valence-corrected chi connectivity index (χ1v) is 15.2. The fourth-order valence-corrected chi connectivity index (χ4v) is 7.81. The Hall–Kier alpha value is -1.94. The van der Waals surface area contributed by atoms with Gasteiger partial charge in [0.1, 0.15) is 23.5 Å². The topological polar surface area (TPSA) is 144 Å². The molecule has 0 spiro atoms. The van der Waals surface area contributed by atoms with Crippen LogP contribution >= 0.6 is 7.60 Å². The highest BCUT2D eigenvalue weighted by atomic mass is 31.2. The van der Waals surface area contributed by atoms with E-state index < -0.39 is 54.4 Å². The minimum Gasteiger partial charge on any atom is -0.446 e. The van der Waals surface area contributed by atoms with Crippen LogP contribution in [0.2, 0.25) is 0 Å². The second kappa shape index (κ2) is 12.1. The first-order valence-electron chi connectivity index (χ1n) is 13.6. The van der Waals surface area contributed by atoms with Crippen molar-refractivity contribution in [1.29, 1.82) is 0 Å². The van der Waals surface area contributed by atoms with E-state index >= 15 is 0 Å². The summed E-state index contributed by atoms with van der Waals surface area (Å²) in [6.45, 7) is 12.8. The number of aliphatic hydroxyl groups is 1. The maximum Gasteiger partial charge on any atom is 0.408 e. The summed E-state index contributed by atoms with van der Waals surface area (Å²) in [6, 6.07) is -2.03. The second-order valence-electron chi connectivity index (χ2n) is 11.4. The van der Waals surface area contributed by atoms with Crippen LogP contribution in [0, 0.1) is 11.3 Å². The summed E-state index contributed by atoms with van der Waals surface area (Å²) in [4.78, 5) is 41.3. The normalized spacial score (nSPS) is 28.6. The van der Waals surface area contributed by atoms with Crippen LogP contribution in [-0.4, -0.2) is 77.2 Å². The van der Waals surface area contributed by atoms with E-state index in [-0.39, 0.29) is 38.2 Å². The van der Waals surface area contributed by atoms with Gasteiger partial charge in [0, 0.05) is 18.9 Å². The minimum atomic E-state index is -3.76. The van der Waals surface area contributed by atoms with Crippen LogP contribution in [0.3, 0.4) is 0 Å². The summed E-state index contributed by atoms with van der Waals surface area (Å²) in [6.07, 6.45) is 3.73. The molecule has 3 amide bonds. The third kappa shape index (κ3) is 6.43. The maximum atomic E-state index is 13.8. The number of nitrogens with one attached hydrogen (secondary N) is 2. The number of nitrogens with zero attached hydrogens (tertiary/aromatic N) is 1. The van der Waals surface area contributed by atoms with Gasteiger partial charge in [-0.1, -0.05) is 26.8 Å². The van der Waals surface area contributed by atoms with Crippen molar-refractivity contribution in [3.05, 3.63) is 12.7 Å². The van der Waals surface area contributed by atoms with Crippen molar-refractivity contribution >= 4 is 25.5 Å². The van der Waals surface area contributed by atoms with E-state index in [0.29, 0.717) is 6.42 Å². The van der Waals surface area contributed by atoms with Gasteiger partial charge in [-0.05, 0) is 51.4 Å². The molecule has 5 atom stereocenters. The van der Waals surface area contributed by atoms with Gasteiger partial charge in [-0.3, -0.25) is 14.2 Å². The first-order chi connectivity index (χ1) is 17.8. The number of carbonyl (C=O) groups is 3. The first kappa shape index (κ1) is 30.6. The van der Waals surface area contributed by atoms with E-state index in [9.17, 15) is 24.1 Å². The number of hydrogen-bond acceptors (Lipinski definition) is 8. The van der Waals surface area contributed by atoms with Gasteiger partial charge < -0.3 is 34.4 Å². The molecule has 1 saturated heterocycles. The number of alkyl carbamates (subject to hydrolysis) is 1. The SMILES string of the molecule is C=C[C@@H]1C[C@]1(NC(=O)[C@@H]1C[C@@H](O)CN1C(=O)[C@@H](NC(=O)OC1CCCC1)C(C)(C)C)P(=O)(OCC)OCC. The van der Waals surface area contributed by atoms with Crippen molar-refractivity contribution in [1.82, 2.24) is 15.5 Å². The van der Waals surface area contributed by atoms with E-state index in [1.165, 1.54) is 4.90 Å². The van der Waals surface area contributed by atoms with Crippen molar-refractivity contribution in [3.63, 3.8) is 0 Å². The number of aliphatic hydroxyl groups excluding tert-OH is 1. The maximum absolute atomic E-state index is 13.8. The molecule has 3 aliphatic rings. The smallest absolute Gasteiger partial charge is 0.408 e. The third-order valence-corrected chi connectivity index (χ3v) is 10.3. The predicted molar refractivity (Wildman–Crippen MR) is 141 cm³/mol. The zero-order valence-electron chi connectivity index (χ0n) is 23.2. The van der Waals surface area contributed by atoms with Crippen molar-refractivity contribution in [2.45, 2.75) is 103 Å². The lowest BCUT2D eigenvalue weighted by atomic mass is 9.85. The molecular formula is C26H44N3O8P. The van der Waals surface area contributed by atoms with Gasteiger partial charge in [0.15, 0.2) is 0 Å². The van der Waals surface area contributed by atoms with Gasteiger partial charge in [0.25, 0.3) is 0 Å². The number of hydrogen-bond donors (Lipinski definition) is 3. The lowest BCUT2D eigenvalue weighted by molar-refractivity contribution is -0.142. The van der Waals surface area contributed by atoms with Crippen LogP contribution in [0.4, 0.5) is 4.79 Å². The van der Waals surface area contributed by atoms with E-state index in [1.54, 1.807) is 40.7 Å². The molecule has 1 heterocycles. The van der Waals surface area contributed by atoms with Crippen LogP contribution < -0.4 is 10.6 Å². The highest BCUT2D eigenvalue weighted by Crippen LogP contribution is 2.72. The molecule has 3 fully saturated rings. The molecule has 0 unspecified atom stereocenters. The van der Waals surface area contributed by atoms with E-state index in [4.69, 9.17) is 13.8 Å². The van der Waals surface area contributed by atoms with Gasteiger partial charge in [-0.2, -0.15) is 0 Å². The predicted octanol–water partition coefficient (Wildman–Crippen LogP) is 3.32. The highest BCUT2D eigenvalue weighted by Gasteiger charge is 2.68. The fraction of sp³-hybridized carbons (Fsp3) is 0.808. The van der Waals surface area contributed by atoms with Crippen molar-refractivity contribution in [3.8, 4) is 0 Å². The van der Waals surface area contributed by atoms with Crippen LogP contribution in [-0.2, 0) is 27.9 Å². The lowest BCUT2D eigenvalue weighted by Gasteiger charge is -2.36. The zero-order chi connectivity index (χ0) is 28.3. The Morgan fingerprint density at radius 2 is 1.79 bits per heavy atom. The standard InChI is InChI=1S/C26H44N3O8P/c1-7-17-15-26(17,38(34,35-8-2)36-9-3)28-22(31)20-14-18(30)16-29(20)23(32)21(25(4,5)6)27-24(33)37-19-12-10-11-13-19/h7,17-21,30H,1,8-16H2,2-6H3,(H,27,33)(H,28,31)/t17-,18-,20+,21-,26+/m1/s1. The Bertz CT molecular complexity index is 937. The van der Waals surface area contributed by atoms with E-state index in [0.717, 1.165) is 25.7 Å². The van der Waals surface area contributed by atoms with E-state index in [1.807, 2.05) is 0 Å². The Balaban J connectivity index is 1.80. The molecule has 1 aliphatic heterocycles. The van der Waals surface area contributed by atoms with Crippen molar-refractivity contribution in [2.24, 2.45) is 11.3 Å². The summed E-state index contributed by atoms with van der Waals surface area (Å²) in [5.41, 5.74) is -0.703. The number of carbonyl (C=O) groups excluding carboxylic acids is 3. The van der Waals surface area contributed by atoms with Gasteiger partial charge in [0.05, 0.1) is 19.3 Å². The summed E-state index contributed by atoms with van der Waals surface area (Å²) in [5.74, 6) is -1.40. The number of likely N-dealkylation sites (tertiary alicyclic amines) is 1. The molecule has 3 N–H and O–H groups in total. The Morgan fingerprint density at radius 3 is 2.29 bits per heavy atom. The molecule has 11 nitrogen and oxygen atoms in total. The summed E-state index contributed by atoms with van der Waals surface area (Å²) < 4.78 is 30.3. The largest absolute Gasteiger partial charge is 0.446 e. The van der Waals surface area contributed by atoms with Crippen LogP contribution in [0.25, 0.3) is 0 Å². The van der Waals surface area contributed by atoms with Gasteiger partial charge >= 0.3 is 13.7 Å². The monoisotopic (exact) mass is 557 g/mol. The summed E-state index contributed by atoms with van der Waals surface area (Å²) >= 11 is 0. The molecule has 0 aromatic heterocycles. The minimum absolute atomic E-state index is 0.00334. The fourth-order valence-electron chi connectivity index (χ4n) is 5.42.